The summed E-state index contributed by atoms with van der Waals surface area (Å²) < 4.78 is 65.0. The minimum Gasteiger partial charge on any atom is -0.354 e. The van der Waals surface area contributed by atoms with E-state index in [9.17, 15) is 21.6 Å². The maximum absolute atomic E-state index is 12.7. The maximum Gasteiger partial charge on any atom is 0.433 e. The number of nitrogens with zero attached hydrogens (tertiary/aromatic N) is 4. The summed E-state index contributed by atoms with van der Waals surface area (Å²) in [7, 11) is -3.65. The number of anilines is 1. The van der Waals surface area contributed by atoms with Crippen molar-refractivity contribution in [1.82, 2.24) is 14.3 Å². The van der Waals surface area contributed by atoms with Gasteiger partial charge in [-0.05, 0) is 12.1 Å². The monoisotopic (exact) mass is 412 g/mol. The highest BCUT2D eigenvalue weighted by atomic mass is 35.5. The first-order chi connectivity index (χ1) is 11.7. The highest BCUT2D eigenvalue weighted by Gasteiger charge is 2.34. The first kappa shape index (κ1) is 18.4. The van der Waals surface area contributed by atoms with Gasteiger partial charge < -0.3 is 4.90 Å². The first-order valence-electron chi connectivity index (χ1n) is 7.07. The molecule has 1 aliphatic rings. The van der Waals surface area contributed by atoms with Crippen molar-refractivity contribution in [3.8, 4) is 0 Å². The van der Waals surface area contributed by atoms with Gasteiger partial charge in [0.2, 0.25) is 0 Å². The van der Waals surface area contributed by atoms with E-state index in [0.717, 1.165) is 23.7 Å². The van der Waals surface area contributed by atoms with Gasteiger partial charge in [0.15, 0.2) is 0 Å². The van der Waals surface area contributed by atoms with E-state index in [1.807, 2.05) is 0 Å². The van der Waals surface area contributed by atoms with Gasteiger partial charge in [0.25, 0.3) is 10.0 Å². The number of rotatable bonds is 3. The molecule has 136 valence electrons. The van der Waals surface area contributed by atoms with E-state index in [2.05, 4.69) is 9.97 Å². The normalized spacial score (nSPS) is 17.0. The van der Waals surface area contributed by atoms with Gasteiger partial charge in [0.05, 0.1) is 4.34 Å². The molecule has 3 rings (SSSR count). The zero-order valence-electron chi connectivity index (χ0n) is 12.6. The molecule has 0 saturated carbocycles. The Kier molecular flexibility index (Phi) is 4.93. The fraction of sp³-hybridized carbons (Fsp3) is 0.385. The summed E-state index contributed by atoms with van der Waals surface area (Å²) in [6.07, 6.45) is -3.70. The maximum atomic E-state index is 12.7. The zero-order valence-corrected chi connectivity index (χ0v) is 15.0. The number of aromatic nitrogens is 2. The van der Waals surface area contributed by atoms with Gasteiger partial charge in [-0.15, -0.1) is 11.3 Å². The van der Waals surface area contributed by atoms with Crippen LogP contribution in [0.5, 0.6) is 0 Å². The summed E-state index contributed by atoms with van der Waals surface area (Å²) >= 11 is 6.75. The van der Waals surface area contributed by atoms with Crippen LogP contribution in [0.1, 0.15) is 5.69 Å². The van der Waals surface area contributed by atoms with Crippen LogP contribution in [-0.2, 0) is 16.2 Å². The quantitative estimate of drug-likeness (QED) is 0.775. The van der Waals surface area contributed by atoms with Crippen LogP contribution in [-0.4, -0.2) is 48.9 Å². The lowest BCUT2D eigenvalue weighted by atomic mass is 10.3. The predicted molar refractivity (Wildman–Crippen MR) is 87.3 cm³/mol. The molecule has 1 fully saturated rings. The number of halogens is 4. The van der Waals surface area contributed by atoms with Crippen LogP contribution >= 0.6 is 22.9 Å². The SMILES string of the molecule is O=S(=O)(c1ccc(Cl)s1)N1CCN(c2cc(C(F)(F)F)ncn2)CC1. The molecule has 25 heavy (non-hydrogen) atoms. The number of alkyl halides is 3. The van der Waals surface area contributed by atoms with Gasteiger partial charge >= 0.3 is 6.18 Å². The third-order valence-corrected chi connectivity index (χ3v) is 7.25. The summed E-state index contributed by atoms with van der Waals surface area (Å²) in [5.41, 5.74) is -1.03. The van der Waals surface area contributed by atoms with Gasteiger partial charge in [-0.1, -0.05) is 11.6 Å². The molecule has 0 aliphatic carbocycles. The Balaban J connectivity index is 1.72. The minimum absolute atomic E-state index is 0.124. The standard InChI is InChI=1S/C13H12ClF3N4O2S2/c14-10-1-2-12(24-10)25(22,23)21-5-3-20(4-6-21)11-7-9(13(15,16)17)18-8-19-11/h1-2,7-8H,3-6H2. The molecule has 3 heterocycles. The van der Waals surface area contributed by atoms with E-state index in [0.29, 0.717) is 4.34 Å². The fourth-order valence-electron chi connectivity index (χ4n) is 2.40. The van der Waals surface area contributed by atoms with Crippen molar-refractivity contribution in [3.05, 3.63) is 34.6 Å². The number of piperazine rings is 1. The number of hydrogen-bond donors (Lipinski definition) is 0. The molecule has 1 aliphatic heterocycles. The molecule has 12 heteroatoms. The fourth-order valence-corrected chi connectivity index (χ4v) is 5.46. The van der Waals surface area contributed by atoms with Crippen molar-refractivity contribution >= 4 is 38.8 Å². The number of sulfonamides is 1. The molecule has 0 N–H and O–H groups in total. The summed E-state index contributed by atoms with van der Waals surface area (Å²) in [6.45, 7) is 0.742. The lowest BCUT2D eigenvalue weighted by molar-refractivity contribution is -0.141. The van der Waals surface area contributed by atoms with Crippen molar-refractivity contribution in [3.63, 3.8) is 0 Å². The van der Waals surface area contributed by atoms with Crippen molar-refractivity contribution in [1.29, 1.82) is 0 Å². The Morgan fingerprint density at radius 3 is 2.36 bits per heavy atom. The summed E-state index contributed by atoms with van der Waals surface area (Å²) in [5.74, 6) is 0.124. The highest BCUT2D eigenvalue weighted by molar-refractivity contribution is 7.91. The van der Waals surface area contributed by atoms with Gasteiger partial charge in [-0.3, -0.25) is 0 Å². The molecule has 6 nitrogen and oxygen atoms in total. The van der Waals surface area contributed by atoms with E-state index in [1.165, 1.54) is 16.4 Å². The van der Waals surface area contributed by atoms with Crippen LogP contribution in [0.15, 0.2) is 28.7 Å². The molecular formula is C13H12ClF3N4O2S2. The molecule has 0 amide bonds. The third-order valence-electron chi connectivity index (χ3n) is 3.65. The predicted octanol–water partition coefficient (Wildman–Crippen LogP) is 2.72. The van der Waals surface area contributed by atoms with Gasteiger partial charge in [0, 0.05) is 32.2 Å². The van der Waals surface area contributed by atoms with Crippen LogP contribution in [0.3, 0.4) is 0 Å². The van der Waals surface area contributed by atoms with Crippen molar-refractivity contribution in [2.75, 3.05) is 31.1 Å². The van der Waals surface area contributed by atoms with Crippen LogP contribution in [0.2, 0.25) is 4.34 Å². The van der Waals surface area contributed by atoms with Crippen LogP contribution in [0.25, 0.3) is 0 Å². The molecule has 0 unspecified atom stereocenters. The van der Waals surface area contributed by atoms with Gasteiger partial charge in [0.1, 0.15) is 22.0 Å². The topological polar surface area (TPSA) is 66.4 Å². The summed E-state index contributed by atoms with van der Waals surface area (Å²) in [4.78, 5) is 8.68. The number of thiophene rings is 1. The lowest BCUT2D eigenvalue weighted by Gasteiger charge is -2.34. The molecule has 0 radical (unpaired) electrons. The minimum atomic E-state index is -4.55. The average molecular weight is 413 g/mol. The molecule has 2 aromatic rings. The summed E-state index contributed by atoms with van der Waals surface area (Å²) in [5, 5.41) is 0. The zero-order chi connectivity index (χ0) is 18.2. The Hall–Kier alpha value is -1.43. The summed E-state index contributed by atoms with van der Waals surface area (Å²) in [6, 6.07) is 3.81. The van der Waals surface area contributed by atoms with Gasteiger partial charge in [-0.25, -0.2) is 18.4 Å². The second kappa shape index (κ2) is 6.71. The van der Waals surface area contributed by atoms with E-state index in [4.69, 9.17) is 11.6 Å². The Labute approximate surface area is 150 Å². The third kappa shape index (κ3) is 3.89. The van der Waals surface area contributed by atoms with Gasteiger partial charge in [-0.2, -0.15) is 17.5 Å². The van der Waals surface area contributed by atoms with E-state index >= 15 is 0 Å². The molecule has 0 aromatic carbocycles. The molecule has 0 bridgehead atoms. The second-order valence-corrected chi connectivity index (χ2v) is 9.09. The molecular weight excluding hydrogens is 401 g/mol. The van der Waals surface area contributed by atoms with Crippen LogP contribution in [0.4, 0.5) is 19.0 Å². The van der Waals surface area contributed by atoms with E-state index in [-0.39, 0.29) is 36.2 Å². The van der Waals surface area contributed by atoms with Crippen LogP contribution < -0.4 is 4.90 Å². The molecule has 0 spiro atoms. The van der Waals surface area contributed by atoms with Crippen molar-refractivity contribution in [2.24, 2.45) is 0 Å². The Morgan fingerprint density at radius 1 is 1.12 bits per heavy atom. The van der Waals surface area contributed by atoms with Crippen LogP contribution in [0, 0.1) is 0 Å². The van der Waals surface area contributed by atoms with Crippen molar-refractivity contribution in [2.45, 2.75) is 10.4 Å². The average Bonchev–Trinajstić information content (AvgIpc) is 3.02. The van der Waals surface area contributed by atoms with E-state index in [1.54, 1.807) is 4.90 Å². The number of hydrogen-bond acceptors (Lipinski definition) is 6. The highest BCUT2D eigenvalue weighted by Crippen LogP contribution is 2.31. The Bertz CT molecular complexity index is 864. The Morgan fingerprint density at radius 2 is 1.80 bits per heavy atom. The first-order valence-corrected chi connectivity index (χ1v) is 9.71. The molecule has 0 atom stereocenters. The molecule has 2 aromatic heterocycles. The van der Waals surface area contributed by atoms with E-state index < -0.39 is 21.9 Å². The lowest BCUT2D eigenvalue weighted by Crippen LogP contribution is -2.48. The second-order valence-electron chi connectivity index (χ2n) is 5.21. The molecule has 1 saturated heterocycles. The smallest absolute Gasteiger partial charge is 0.354 e. The van der Waals surface area contributed by atoms with Crippen molar-refractivity contribution < 1.29 is 21.6 Å². The largest absolute Gasteiger partial charge is 0.433 e.